The van der Waals surface area contributed by atoms with E-state index in [1.807, 2.05) is 19.9 Å². The van der Waals surface area contributed by atoms with E-state index >= 15 is 0 Å². The summed E-state index contributed by atoms with van der Waals surface area (Å²) in [6.07, 6.45) is 5.48. The highest BCUT2D eigenvalue weighted by Crippen LogP contribution is 2.28. The Morgan fingerprint density at radius 1 is 1.18 bits per heavy atom. The van der Waals surface area contributed by atoms with Crippen LogP contribution in [0.15, 0.2) is 6.07 Å². The summed E-state index contributed by atoms with van der Waals surface area (Å²) in [5, 5.41) is 3.46. The van der Waals surface area contributed by atoms with Gasteiger partial charge in [0.25, 0.3) is 0 Å². The average Bonchev–Trinajstić information content (AvgIpc) is 2.27. The van der Waals surface area contributed by atoms with Crippen LogP contribution in [0.2, 0.25) is 0 Å². The van der Waals surface area contributed by atoms with E-state index in [4.69, 9.17) is 0 Å². The van der Waals surface area contributed by atoms with Crippen molar-refractivity contribution in [3.8, 4) is 0 Å². The van der Waals surface area contributed by atoms with E-state index in [2.05, 4.69) is 22.2 Å². The zero-order valence-corrected chi connectivity index (χ0v) is 11.2. The molecular formula is C14H23N3. The fourth-order valence-electron chi connectivity index (χ4n) is 2.59. The first-order chi connectivity index (χ1) is 8.13. The van der Waals surface area contributed by atoms with Crippen molar-refractivity contribution in [2.24, 2.45) is 11.8 Å². The second-order valence-corrected chi connectivity index (χ2v) is 5.45. The number of anilines is 1. The summed E-state index contributed by atoms with van der Waals surface area (Å²) in [5.41, 5.74) is 1.04. The fraction of sp³-hybridized carbons (Fsp3) is 0.714. The van der Waals surface area contributed by atoms with Crippen LogP contribution < -0.4 is 5.32 Å². The summed E-state index contributed by atoms with van der Waals surface area (Å²) >= 11 is 0. The van der Waals surface area contributed by atoms with Gasteiger partial charge in [-0.3, -0.25) is 0 Å². The lowest BCUT2D eigenvalue weighted by Gasteiger charge is -2.26. The summed E-state index contributed by atoms with van der Waals surface area (Å²) in [4.78, 5) is 8.70. The average molecular weight is 233 g/mol. The first-order valence-electron chi connectivity index (χ1n) is 6.69. The molecule has 0 saturated heterocycles. The molecule has 1 fully saturated rings. The highest BCUT2D eigenvalue weighted by Gasteiger charge is 2.17. The molecular weight excluding hydrogens is 210 g/mol. The molecule has 0 bridgehead atoms. The maximum atomic E-state index is 4.41. The maximum absolute atomic E-state index is 4.41. The third-order valence-corrected chi connectivity index (χ3v) is 3.67. The smallest absolute Gasteiger partial charge is 0.129 e. The number of aromatic nitrogens is 2. The molecule has 3 heteroatoms. The minimum Gasteiger partial charge on any atom is -0.370 e. The van der Waals surface area contributed by atoms with Crippen LogP contribution in [-0.2, 0) is 0 Å². The molecule has 2 rings (SSSR count). The van der Waals surface area contributed by atoms with Crippen LogP contribution in [0.4, 0.5) is 5.82 Å². The predicted octanol–water partition coefficient (Wildman–Crippen LogP) is 3.33. The summed E-state index contributed by atoms with van der Waals surface area (Å²) in [5.74, 6) is 3.58. The standard InChI is InChI=1S/C14H23N3/c1-10-4-6-13(7-5-10)9-15-14-8-11(2)16-12(3)17-14/h8,10,13H,4-7,9H2,1-3H3,(H,15,16,17). The minimum absolute atomic E-state index is 0.821. The summed E-state index contributed by atoms with van der Waals surface area (Å²) in [6, 6.07) is 2.03. The summed E-state index contributed by atoms with van der Waals surface area (Å²) < 4.78 is 0. The van der Waals surface area contributed by atoms with Crippen LogP contribution in [-0.4, -0.2) is 16.5 Å². The number of hydrogen-bond acceptors (Lipinski definition) is 3. The molecule has 17 heavy (non-hydrogen) atoms. The lowest BCUT2D eigenvalue weighted by molar-refractivity contribution is 0.300. The normalized spacial score (nSPS) is 24.6. The van der Waals surface area contributed by atoms with Crippen LogP contribution in [0, 0.1) is 25.7 Å². The predicted molar refractivity (Wildman–Crippen MR) is 71.1 cm³/mol. The van der Waals surface area contributed by atoms with Crippen molar-refractivity contribution in [2.45, 2.75) is 46.5 Å². The van der Waals surface area contributed by atoms with Crippen molar-refractivity contribution < 1.29 is 0 Å². The van der Waals surface area contributed by atoms with E-state index in [9.17, 15) is 0 Å². The molecule has 0 spiro atoms. The molecule has 94 valence electrons. The molecule has 0 amide bonds. The van der Waals surface area contributed by atoms with Gasteiger partial charge in [-0.1, -0.05) is 19.8 Å². The van der Waals surface area contributed by atoms with Crippen LogP contribution >= 0.6 is 0 Å². The van der Waals surface area contributed by atoms with Gasteiger partial charge in [0.2, 0.25) is 0 Å². The third-order valence-electron chi connectivity index (χ3n) is 3.67. The van der Waals surface area contributed by atoms with E-state index in [0.29, 0.717) is 0 Å². The fourth-order valence-corrected chi connectivity index (χ4v) is 2.59. The van der Waals surface area contributed by atoms with Crippen LogP contribution in [0.25, 0.3) is 0 Å². The van der Waals surface area contributed by atoms with Gasteiger partial charge in [-0.05, 0) is 38.5 Å². The van der Waals surface area contributed by atoms with Gasteiger partial charge in [0.15, 0.2) is 0 Å². The number of aryl methyl sites for hydroxylation is 2. The first kappa shape index (κ1) is 12.3. The van der Waals surface area contributed by atoms with E-state index in [1.54, 1.807) is 0 Å². The lowest BCUT2D eigenvalue weighted by Crippen LogP contribution is -2.20. The topological polar surface area (TPSA) is 37.8 Å². The first-order valence-corrected chi connectivity index (χ1v) is 6.69. The monoisotopic (exact) mass is 233 g/mol. The molecule has 0 aromatic carbocycles. The minimum atomic E-state index is 0.821. The third kappa shape index (κ3) is 3.69. The summed E-state index contributed by atoms with van der Waals surface area (Å²) in [6.45, 7) is 7.38. The highest BCUT2D eigenvalue weighted by molar-refractivity contribution is 5.35. The van der Waals surface area contributed by atoms with E-state index in [0.717, 1.165) is 35.7 Å². The second-order valence-electron chi connectivity index (χ2n) is 5.45. The Kier molecular flexibility index (Phi) is 3.97. The van der Waals surface area contributed by atoms with Gasteiger partial charge in [-0.25, -0.2) is 9.97 Å². The van der Waals surface area contributed by atoms with Crippen molar-refractivity contribution in [3.63, 3.8) is 0 Å². The molecule has 1 aromatic rings. The van der Waals surface area contributed by atoms with Gasteiger partial charge in [-0.15, -0.1) is 0 Å². The molecule has 1 aliphatic rings. The Bertz CT molecular complexity index is 347. The number of hydrogen-bond donors (Lipinski definition) is 1. The molecule has 1 aromatic heterocycles. The van der Waals surface area contributed by atoms with Crippen molar-refractivity contribution in [1.82, 2.24) is 9.97 Å². The Hall–Kier alpha value is -1.12. The molecule has 1 aliphatic carbocycles. The quantitative estimate of drug-likeness (QED) is 0.870. The second kappa shape index (κ2) is 5.48. The van der Waals surface area contributed by atoms with Crippen molar-refractivity contribution >= 4 is 5.82 Å². The number of rotatable bonds is 3. The van der Waals surface area contributed by atoms with Crippen LogP contribution in [0.3, 0.4) is 0 Å². The maximum Gasteiger partial charge on any atom is 0.129 e. The SMILES string of the molecule is Cc1cc(NCC2CCC(C)CC2)nc(C)n1. The summed E-state index contributed by atoms with van der Waals surface area (Å²) in [7, 11) is 0. The van der Waals surface area contributed by atoms with Gasteiger partial charge in [-0.2, -0.15) is 0 Å². The van der Waals surface area contributed by atoms with Crippen LogP contribution in [0.1, 0.15) is 44.1 Å². The Morgan fingerprint density at radius 2 is 1.88 bits per heavy atom. The van der Waals surface area contributed by atoms with Crippen molar-refractivity contribution in [2.75, 3.05) is 11.9 Å². The molecule has 1 heterocycles. The molecule has 0 atom stereocenters. The van der Waals surface area contributed by atoms with E-state index in [1.165, 1.54) is 25.7 Å². The Labute approximate surface area is 104 Å². The van der Waals surface area contributed by atoms with Gasteiger partial charge < -0.3 is 5.32 Å². The molecule has 1 saturated carbocycles. The molecule has 0 radical (unpaired) electrons. The van der Waals surface area contributed by atoms with Crippen molar-refractivity contribution in [3.05, 3.63) is 17.6 Å². The van der Waals surface area contributed by atoms with Crippen molar-refractivity contribution in [1.29, 1.82) is 0 Å². The molecule has 0 unspecified atom stereocenters. The Balaban J connectivity index is 1.85. The lowest BCUT2D eigenvalue weighted by atomic mass is 9.83. The number of nitrogens with zero attached hydrogens (tertiary/aromatic N) is 2. The largest absolute Gasteiger partial charge is 0.370 e. The van der Waals surface area contributed by atoms with E-state index in [-0.39, 0.29) is 0 Å². The van der Waals surface area contributed by atoms with E-state index < -0.39 is 0 Å². The molecule has 0 aliphatic heterocycles. The number of nitrogens with one attached hydrogen (secondary N) is 1. The zero-order valence-electron chi connectivity index (χ0n) is 11.2. The Morgan fingerprint density at radius 3 is 2.53 bits per heavy atom. The molecule has 3 nitrogen and oxygen atoms in total. The van der Waals surface area contributed by atoms with Gasteiger partial charge in [0.05, 0.1) is 0 Å². The van der Waals surface area contributed by atoms with Gasteiger partial charge in [0, 0.05) is 18.3 Å². The zero-order chi connectivity index (χ0) is 12.3. The van der Waals surface area contributed by atoms with Gasteiger partial charge >= 0.3 is 0 Å². The van der Waals surface area contributed by atoms with Gasteiger partial charge in [0.1, 0.15) is 11.6 Å². The van der Waals surface area contributed by atoms with Crippen LogP contribution in [0.5, 0.6) is 0 Å². The highest BCUT2D eigenvalue weighted by atomic mass is 15.0. The molecule has 1 N–H and O–H groups in total.